The van der Waals surface area contributed by atoms with Gasteiger partial charge in [0.15, 0.2) is 0 Å². The van der Waals surface area contributed by atoms with Crippen molar-refractivity contribution >= 4 is 16.9 Å². The summed E-state index contributed by atoms with van der Waals surface area (Å²) in [5.41, 5.74) is 2.04. The topological polar surface area (TPSA) is 49.0 Å². The van der Waals surface area contributed by atoms with E-state index in [9.17, 15) is 4.79 Å². The number of aromatic amines is 1. The molecule has 0 saturated carbocycles. The first-order valence-electron chi connectivity index (χ1n) is 7.29. The van der Waals surface area contributed by atoms with Crippen molar-refractivity contribution in [3.8, 4) is 0 Å². The number of hydrogen-bond acceptors (Lipinski definition) is 2. The zero-order valence-electron chi connectivity index (χ0n) is 13.0. The summed E-state index contributed by atoms with van der Waals surface area (Å²) in [5, 5.41) is 1.06. The number of carbonyl (C=O) groups excluding carboxylic acids is 1. The fourth-order valence-electron chi connectivity index (χ4n) is 2.33. The molecule has 4 nitrogen and oxygen atoms in total. The maximum atomic E-state index is 12.2. The van der Waals surface area contributed by atoms with E-state index in [1.165, 1.54) is 6.08 Å². The number of rotatable bonds is 6. The molecule has 2 rings (SSSR count). The molecule has 21 heavy (non-hydrogen) atoms. The number of carbonyl (C=O) groups is 1. The fourth-order valence-corrected chi connectivity index (χ4v) is 2.33. The van der Waals surface area contributed by atoms with Crippen LogP contribution in [0.25, 0.3) is 11.0 Å². The van der Waals surface area contributed by atoms with Gasteiger partial charge in [0, 0.05) is 30.9 Å². The van der Waals surface area contributed by atoms with Crippen LogP contribution in [-0.2, 0) is 11.3 Å². The van der Waals surface area contributed by atoms with Gasteiger partial charge in [-0.1, -0.05) is 27.4 Å². The molecule has 0 saturated heterocycles. The lowest BCUT2D eigenvalue weighted by Gasteiger charge is -2.31. The van der Waals surface area contributed by atoms with E-state index < -0.39 is 0 Å². The normalized spacial score (nSPS) is 11.6. The summed E-state index contributed by atoms with van der Waals surface area (Å²) in [6.45, 7) is 11.4. The number of H-pyrrole nitrogens is 1. The Hall–Kier alpha value is -2.10. The monoisotopic (exact) mass is 285 g/mol. The van der Waals surface area contributed by atoms with E-state index in [2.05, 4.69) is 37.3 Å². The molecular formula is C17H23N3O. The number of fused-ring (bicyclic) bond motifs is 1. The predicted molar refractivity (Wildman–Crippen MR) is 85.8 cm³/mol. The Labute approximate surface area is 125 Å². The van der Waals surface area contributed by atoms with Gasteiger partial charge in [-0.25, -0.2) is 4.98 Å². The van der Waals surface area contributed by atoms with E-state index in [0.717, 1.165) is 23.0 Å². The zero-order chi connectivity index (χ0) is 15.5. The van der Waals surface area contributed by atoms with E-state index in [1.54, 1.807) is 6.20 Å². The predicted octanol–water partition coefficient (Wildman–Crippen LogP) is 3.51. The van der Waals surface area contributed by atoms with Crippen LogP contribution in [0.1, 0.15) is 32.8 Å². The molecule has 0 atom stereocenters. The van der Waals surface area contributed by atoms with Gasteiger partial charge in [0.25, 0.3) is 0 Å². The lowest BCUT2D eigenvalue weighted by atomic mass is 9.89. The third-order valence-corrected chi connectivity index (χ3v) is 3.97. The van der Waals surface area contributed by atoms with Crippen molar-refractivity contribution in [2.75, 3.05) is 6.54 Å². The molecule has 0 bridgehead atoms. The van der Waals surface area contributed by atoms with Gasteiger partial charge in [-0.2, -0.15) is 0 Å². The smallest absolute Gasteiger partial charge is 0.246 e. The molecule has 0 aliphatic heterocycles. The highest BCUT2D eigenvalue weighted by atomic mass is 16.2. The van der Waals surface area contributed by atoms with Gasteiger partial charge in [-0.15, -0.1) is 0 Å². The highest BCUT2D eigenvalue weighted by molar-refractivity contribution is 5.87. The van der Waals surface area contributed by atoms with E-state index in [0.29, 0.717) is 13.1 Å². The molecule has 1 amide bonds. The van der Waals surface area contributed by atoms with Crippen molar-refractivity contribution in [2.45, 2.75) is 33.7 Å². The molecule has 2 aromatic heterocycles. The van der Waals surface area contributed by atoms with Crippen molar-refractivity contribution in [3.63, 3.8) is 0 Å². The maximum absolute atomic E-state index is 12.2. The van der Waals surface area contributed by atoms with Crippen LogP contribution in [0.4, 0.5) is 0 Å². The van der Waals surface area contributed by atoms with E-state index >= 15 is 0 Å². The Morgan fingerprint density at radius 3 is 2.90 bits per heavy atom. The first kappa shape index (κ1) is 15.3. The van der Waals surface area contributed by atoms with E-state index in [1.807, 2.05) is 23.2 Å². The molecule has 0 aliphatic rings. The summed E-state index contributed by atoms with van der Waals surface area (Å²) >= 11 is 0. The van der Waals surface area contributed by atoms with Crippen molar-refractivity contribution in [2.24, 2.45) is 5.41 Å². The molecule has 112 valence electrons. The maximum Gasteiger partial charge on any atom is 0.246 e. The van der Waals surface area contributed by atoms with Crippen molar-refractivity contribution in [1.29, 1.82) is 0 Å². The Morgan fingerprint density at radius 1 is 1.48 bits per heavy atom. The number of nitrogens with zero attached hydrogens (tertiary/aromatic N) is 2. The van der Waals surface area contributed by atoms with Gasteiger partial charge >= 0.3 is 0 Å². The highest BCUT2D eigenvalue weighted by Crippen LogP contribution is 2.24. The largest absolute Gasteiger partial charge is 0.346 e. The number of amides is 1. The molecule has 0 aliphatic carbocycles. The Balaban J connectivity index is 2.28. The average molecular weight is 285 g/mol. The van der Waals surface area contributed by atoms with Gasteiger partial charge in [0.05, 0.1) is 0 Å². The number of pyridine rings is 1. The summed E-state index contributed by atoms with van der Waals surface area (Å²) in [6, 6.07) is 3.97. The van der Waals surface area contributed by atoms with Crippen LogP contribution in [0.3, 0.4) is 0 Å². The van der Waals surface area contributed by atoms with Crippen molar-refractivity contribution in [3.05, 3.63) is 42.7 Å². The number of hydrogen-bond donors (Lipinski definition) is 1. The van der Waals surface area contributed by atoms with E-state index in [-0.39, 0.29) is 11.3 Å². The molecule has 0 unspecified atom stereocenters. The first-order chi connectivity index (χ1) is 9.96. The molecule has 2 heterocycles. The van der Waals surface area contributed by atoms with Gasteiger partial charge in [0.2, 0.25) is 5.91 Å². The van der Waals surface area contributed by atoms with Gasteiger partial charge in [0.1, 0.15) is 5.65 Å². The molecule has 0 aromatic carbocycles. The zero-order valence-corrected chi connectivity index (χ0v) is 13.0. The summed E-state index contributed by atoms with van der Waals surface area (Å²) < 4.78 is 0. The Morgan fingerprint density at radius 2 is 2.24 bits per heavy atom. The first-order valence-corrected chi connectivity index (χ1v) is 7.29. The Bertz CT molecular complexity index is 642. The summed E-state index contributed by atoms with van der Waals surface area (Å²) in [7, 11) is 0. The SMILES string of the molecule is C=CC(=O)N(Cc1ccnc2[nH]ccc12)CC(C)(C)CC. The van der Waals surface area contributed by atoms with Crippen molar-refractivity contribution in [1.82, 2.24) is 14.9 Å². The number of aromatic nitrogens is 2. The molecule has 1 N–H and O–H groups in total. The summed E-state index contributed by atoms with van der Waals surface area (Å²) in [5.74, 6) is -0.0305. The van der Waals surface area contributed by atoms with Crippen LogP contribution >= 0.6 is 0 Å². The van der Waals surface area contributed by atoms with Gasteiger partial charge in [-0.05, 0) is 35.6 Å². The van der Waals surface area contributed by atoms with Gasteiger partial charge in [-0.3, -0.25) is 4.79 Å². The van der Waals surface area contributed by atoms with Crippen LogP contribution in [0, 0.1) is 5.41 Å². The minimum absolute atomic E-state index is 0.0305. The molecule has 0 spiro atoms. The fraction of sp³-hybridized carbons (Fsp3) is 0.412. The molecule has 0 fully saturated rings. The minimum atomic E-state index is -0.0305. The van der Waals surface area contributed by atoms with E-state index in [4.69, 9.17) is 0 Å². The van der Waals surface area contributed by atoms with Crippen LogP contribution in [-0.4, -0.2) is 27.3 Å². The third kappa shape index (κ3) is 3.51. The van der Waals surface area contributed by atoms with Crippen LogP contribution in [0.15, 0.2) is 37.2 Å². The van der Waals surface area contributed by atoms with Crippen LogP contribution in [0.2, 0.25) is 0 Å². The summed E-state index contributed by atoms with van der Waals surface area (Å²) in [4.78, 5) is 21.4. The van der Waals surface area contributed by atoms with Crippen LogP contribution < -0.4 is 0 Å². The summed E-state index contributed by atoms with van der Waals surface area (Å²) in [6.07, 6.45) is 6.05. The molecule has 4 heteroatoms. The second kappa shape index (κ2) is 6.12. The lowest BCUT2D eigenvalue weighted by molar-refractivity contribution is -0.128. The minimum Gasteiger partial charge on any atom is -0.346 e. The van der Waals surface area contributed by atoms with Gasteiger partial charge < -0.3 is 9.88 Å². The highest BCUT2D eigenvalue weighted by Gasteiger charge is 2.22. The average Bonchev–Trinajstić information content (AvgIpc) is 2.95. The standard InChI is InChI=1S/C17H23N3O/c1-5-15(21)20(12-17(3,4)6-2)11-13-7-9-18-16-14(13)8-10-19-16/h5,7-10H,1,6,11-12H2,2-4H3,(H,18,19). The Kier molecular flexibility index (Phi) is 4.46. The second-order valence-electron chi connectivity index (χ2n) is 6.13. The number of nitrogens with one attached hydrogen (secondary N) is 1. The van der Waals surface area contributed by atoms with Crippen molar-refractivity contribution < 1.29 is 4.79 Å². The quantitative estimate of drug-likeness (QED) is 0.826. The molecular weight excluding hydrogens is 262 g/mol. The molecule has 2 aromatic rings. The lowest BCUT2D eigenvalue weighted by Crippen LogP contribution is -2.37. The van der Waals surface area contributed by atoms with Crippen LogP contribution in [0.5, 0.6) is 0 Å². The molecule has 0 radical (unpaired) electrons. The second-order valence-corrected chi connectivity index (χ2v) is 6.13. The third-order valence-electron chi connectivity index (χ3n) is 3.97.